The molecule has 0 amide bonds. The van der Waals surface area contributed by atoms with E-state index in [1.807, 2.05) is 42.5 Å². The van der Waals surface area contributed by atoms with Gasteiger partial charge in [0.1, 0.15) is 5.52 Å². The highest BCUT2D eigenvalue weighted by atomic mass is 16.3. The van der Waals surface area contributed by atoms with E-state index in [4.69, 9.17) is 24.4 Å². The Morgan fingerprint density at radius 1 is 0.387 bits per heavy atom. The van der Waals surface area contributed by atoms with Gasteiger partial charge in [-0.15, -0.1) is 0 Å². The number of oxazole rings is 1. The number of hydrogen-bond donors (Lipinski definition) is 0. The van der Waals surface area contributed by atoms with Crippen molar-refractivity contribution in [3.05, 3.63) is 205 Å². The van der Waals surface area contributed by atoms with Crippen molar-refractivity contribution in [3.8, 4) is 79.0 Å². The Bertz CT molecular complexity index is 3550. The molecule has 0 saturated carbocycles. The third-order valence-corrected chi connectivity index (χ3v) is 12.6. The van der Waals surface area contributed by atoms with E-state index in [0.717, 1.165) is 77.2 Å². The van der Waals surface area contributed by atoms with Gasteiger partial charge in [-0.25, -0.2) is 19.9 Å². The Labute approximate surface area is 359 Å². The second kappa shape index (κ2) is 14.0. The molecule has 0 spiro atoms. The first kappa shape index (κ1) is 35.9. The Hall–Kier alpha value is -8.02. The number of fused-ring (bicyclic) bond motifs is 7. The summed E-state index contributed by atoms with van der Waals surface area (Å²) in [4.78, 5) is 21.0. The molecule has 12 rings (SSSR count). The maximum absolute atomic E-state index is 6.61. The van der Waals surface area contributed by atoms with Gasteiger partial charge >= 0.3 is 0 Å². The second-order valence-corrected chi connectivity index (χ2v) is 16.6. The van der Waals surface area contributed by atoms with Crippen molar-refractivity contribution in [2.45, 2.75) is 19.3 Å². The first-order valence-corrected chi connectivity index (χ1v) is 21.1. The molecule has 5 heteroatoms. The number of benzene rings is 9. The maximum atomic E-state index is 6.61. The van der Waals surface area contributed by atoms with Crippen LogP contribution in [0.3, 0.4) is 0 Å². The lowest BCUT2D eigenvalue weighted by Gasteiger charge is -2.24. The SMILES string of the molecule is CC1(C)c2ccccc2-c2cccc(-c3nc(-c4cccc(-c5ccccc5)c4)nc(-c4cccc5c(-c6cccc7ccc8nc(-c9ccccc9)oc8c67)cccc45)n3)c21. The first-order chi connectivity index (χ1) is 30.5. The number of hydrogen-bond acceptors (Lipinski definition) is 5. The fraction of sp³-hybridized carbons (Fsp3) is 0.0526. The average molecular weight is 795 g/mol. The molecule has 62 heavy (non-hydrogen) atoms. The molecule has 9 aromatic carbocycles. The minimum atomic E-state index is -0.258. The summed E-state index contributed by atoms with van der Waals surface area (Å²) >= 11 is 0. The van der Waals surface area contributed by atoms with Crippen molar-refractivity contribution in [1.82, 2.24) is 19.9 Å². The highest BCUT2D eigenvalue weighted by molar-refractivity contribution is 6.15. The minimum absolute atomic E-state index is 0.258. The van der Waals surface area contributed by atoms with Crippen LogP contribution >= 0.6 is 0 Å². The zero-order valence-corrected chi connectivity index (χ0v) is 34.2. The van der Waals surface area contributed by atoms with E-state index in [-0.39, 0.29) is 5.41 Å². The van der Waals surface area contributed by atoms with E-state index in [1.165, 1.54) is 22.3 Å². The van der Waals surface area contributed by atoms with E-state index in [2.05, 4.69) is 166 Å². The van der Waals surface area contributed by atoms with Gasteiger partial charge in [0.2, 0.25) is 5.89 Å². The van der Waals surface area contributed by atoms with E-state index >= 15 is 0 Å². The zero-order chi connectivity index (χ0) is 41.4. The fourth-order valence-electron chi connectivity index (χ4n) is 9.67. The van der Waals surface area contributed by atoms with E-state index in [9.17, 15) is 0 Å². The molecular formula is C57H38N4O. The predicted molar refractivity (Wildman–Crippen MR) is 253 cm³/mol. The minimum Gasteiger partial charge on any atom is -0.435 e. The molecule has 0 N–H and O–H groups in total. The molecule has 2 heterocycles. The number of aromatic nitrogens is 4. The molecule has 0 aliphatic heterocycles. The van der Waals surface area contributed by atoms with Crippen molar-refractivity contribution in [2.75, 3.05) is 0 Å². The standard InChI is InChI=1S/C57H38N4O/c1-57(2)48-31-10-9-23-43(48)45-28-15-30-47(51(45)57)55-60-53(39-22-11-21-38(34-39)35-16-5-3-6-17-35)59-54(61-55)46-29-14-24-40-41(25-13-26-42(40)46)44-27-12-20-36-32-33-49-52(50(36)44)62-56(58-49)37-18-7-4-8-19-37/h3-34H,1-2H3. The Balaban J connectivity index is 1.07. The molecule has 0 atom stereocenters. The Morgan fingerprint density at radius 3 is 1.77 bits per heavy atom. The lowest BCUT2D eigenvalue weighted by molar-refractivity contribution is 0.623. The van der Waals surface area contributed by atoms with Crippen LogP contribution in [-0.2, 0) is 5.41 Å². The van der Waals surface area contributed by atoms with Crippen LogP contribution in [0.15, 0.2) is 199 Å². The summed E-state index contributed by atoms with van der Waals surface area (Å²) in [7, 11) is 0. The van der Waals surface area contributed by atoms with Crippen LogP contribution in [0.25, 0.3) is 112 Å². The van der Waals surface area contributed by atoms with Crippen LogP contribution in [0.4, 0.5) is 0 Å². The Kier molecular flexibility index (Phi) is 8.12. The van der Waals surface area contributed by atoms with Gasteiger partial charge in [-0.05, 0) is 84.9 Å². The molecule has 0 fully saturated rings. The van der Waals surface area contributed by atoms with E-state index in [0.29, 0.717) is 23.4 Å². The highest BCUT2D eigenvalue weighted by Crippen LogP contribution is 2.52. The zero-order valence-electron chi connectivity index (χ0n) is 34.2. The van der Waals surface area contributed by atoms with Crippen molar-refractivity contribution in [1.29, 1.82) is 0 Å². The fourth-order valence-corrected chi connectivity index (χ4v) is 9.67. The van der Waals surface area contributed by atoms with Gasteiger partial charge in [0.25, 0.3) is 0 Å². The smallest absolute Gasteiger partial charge is 0.227 e. The first-order valence-electron chi connectivity index (χ1n) is 21.1. The van der Waals surface area contributed by atoms with Crippen molar-refractivity contribution in [2.24, 2.45) is 0 Å². The van der Waals surface area contributed by atoms with Gasteiger partial charge in [0, 0.05) is 33.1 Å². The van der Waals surface area contributed by atoms with E-state index < -0.39 is 0 Å². The van der Waals surface area contributed by atoms with Gasteiger partial charge in [-0.3, -0.25) is 0 Å². The van der Waals surface area contributed by atoms with Crippen molar-refractivity contribution < 1.29 is 4.42 Å². The predicted octanol–water partition coefficient (Wildman–Crippen LogP) is 14.6. The Morgan fingerprint density at radius 2 is 0.952 bits per heavy atom. The van der Waals surface area contributed by atoms with Crippen LogP contribution in [0, 0.1) is 0 Å². The van der Waals surface area contributed by atoms with Crippen LogP contribution in [0.1, 0.15) is 25.0 Å². The summed E-state index contributed by atoms with van der Waals surface area (Å²) in [5, 5.41) is 4.25. The van der Waals surface area contributed by atoms with Crippen LogP contribution in [-0.4, -0.2) is 19.9 Å². The third kappa shape index (κ3) is 5.70. The lowest BCUT2D eigenvalue weighted by atomic mass is 9.80. The summed E-state index contributed by atoms with van der Waals surface area (Å²) in [5.74, 6) is 2.50. The topological polar surface area (TPSA) is 64.7 Å². The summed E-state index contributed by atoms with van der Waals surface area (Å²) in [6.07, 6.45) is 0. The molecule has 0 unspecified atom stereocenters. The van der Waals surface area contributed by atoms with Gasteiger partial charge in [0.05, 0.1) is 0 Å². The average Bonchev–Trinajstić information content (AvgIpc) is 3.88. The molecule has 11 aromatic rings. The van der Waals surface area contributed by atoms with Crippen LogP contribution in [0.5, 0.6) is 0 Å². The summed E-state index contributed by atoms with van der Waals surface area (Å²) < 4.78 is 6.61. The third-order valence-electron chi connectivity index (χ3n) is 12.6. The molecule has 0 bridgehead atoms. The number of rotatable bonds is 6. The molecule has 2 aromatic heterocycles. The normalized spacial score (nSPS) is 12.8. The molecule has 0 saturated heterocycles. The molecule has 292 valence electrons. The number of nitrogens with zero attached hydrogens (tertiary/aromatic N) is 4. The largest absolute Gasteiger partial charge is 0.435 e. The molecule has 5 nitrogen and oxygen atoms in total. The van der Waals surface area contributed by atoms with E-state index in [1.54, 1.807) is 0 Å². The molecule has 1 aliphatic carbocycles. The summed E-state index contributed by atoms with van der Waals surface area (Å²) in [6, 6.07) is 67.9. The highest BCUT2D eigenvalue weighted by Gasteiger charge is 2.38. The second-order valence-electron chi connectivity index (χ2n) is 16.6. The molecular weight excluding hydrogens is 757 g/mol. The van der Waals surface area contributed by atoms with Gasteiger partial charge < -0.3 is 4.42 Å². The quantitative estimate of drug-likeness (QED) is 0.168. The van der Waals surface area contributed by atoms with Gasteiger partial charge in [0.15, 0.2) is 23.1 Å². The maximum Gasteiger partial charge on any atom is 0.227 e. The lowest BCUT2D eigenvalue weighted by Crippen LogP contribution is -2.17. The van der Waals surface area contributed by atoms with Crippen LogP contribution < -0.4 is 0 Å². The van der Waals surface area contributed by atoms with Gasteiger partial charge in [-0.2, -0.15) is 0 Å². The van der Waals surface area contributed by atoms with Crippen LogP contribution in [0.2, 0.25) is 0 Å². The summed E-state index contributed by atoms with van der Waals surface area (Å²) in [6.45, 7) is 4.62. The molecule has 1 aliphatic rings. The summed E-state index contributed by atoms with van der Waals surface area (Å²) in [5.41, 5.74) is 14.6. The van der Waals surface area contributed by atoms with Crippen molar-refractivity contribution in [3.63, 3.8) is 0 Å². The van der Waals surface area contributed by atoms with Gasteiger partial charge in [-0.1, -0.05) is 184 Å². The van der Waals surface area contributed by atoms with Crippen molar-refractivity contribution >= 4 is 32.6 Å². The molecule has 0 radical (unpaired) electrons. The monoisotopic (exact) mass is 794 g/mol.